The number of aromatic carboxylic acids is 1. The van der Waals surface area contributed by atoms with Gasteiger partial charge in [-0.25, -0.2) is 9.78 Å². The van der Waals surface area contributed by atoms with E-state index in [-0.39, 0.29) is 5.69 Å². The summed E-state index contributed by atoms with van der Waals surface area (Å²) < 4.78 is 0. The van der Waals surface area contributed by atoms with Gasteiger partial charge in [0.05, 0.1) is 5.35 Å². The minimum Gasteiger partial charge on any atom is -0.477 e. The first-order valence-electron chi connectivity index (χ1n) is 4.93. The monoisotopic (exact) mass is 205 g/mol. The van der Waals surface area contributed by atoms with Crippen molar-refractivity contribution >= 4 is 18.1 Å². The summed E-state index contributed by atoms with van der Waals surface area (Å²) in [5.41, 5.74) is 0.0870. The molecule has 1 aromatic heterocycles. The van der Waals surface area contributed by atoms with Crippen LogP contribution in [-0.4, -0.2) is 16.1 Å². The molecule has 0 aliphatic rings. The van der Waals surface area contributed by atoms with Gasteiger partial charge in [-0.1, -0.05) is 32.1 Å². The maximum atomic E-state index is 10.7. The second-order valence-corrected chi connectivity index (χ2v) is 3.68. The number of hydrogen-bond donors (Lipinski definition) is 1. The lowest BCUT2D eigenvalue weighted by Gasteiger charge is -1.97. The minimum atomic E-state index is -0.991. The number of hydrogen-bond acceptors (Lipinski definition) is 2. The van der Waals surface area contributed by atoms with E-state index in [1.165, 1.54) is 6.07 Å². The van der Waals surface area contributed by atoms with Gasteiger partial charge in [0.25, 0.3) is 0 Å². The molecule has 0 saturated carbocycles. The highest BCUT2D eigenvalue weighted by atomic mass is 16.4. The molecule has 80 valence electrons. The lowest BCUT2D eigenvalue weighted by Crippen LogP contribution is -2.30. The van der Waals surface area contributed by atoms with Crippen molar-refractivity contribution < 1.29 is 9.90 Å². The zero-order valence-corrected chi connectivity index (χ0v) is 9.19. The molecule has 0 spiro atoms. The third kappa shape index (κ3) is 2.91. The van der Waals surface area contributed by atoms with Crippen molar-refractivity contribution in [2.24, 2.45) is 5.92 Å². The number of aromatic nitrogens is 1. The lowest BCUT2D eigenvalue weighted by atomic mass is 10.1. The van der Waals surface area contributed by atoms with Crippen LogP contribution in [-0.2, 0) is 0 Å². The Hall–Kier alpha value is -1.64. The van der Waals surface area contributed by atoms with E-state index in [0.29, 0.717) is 5.92 Å². The Bertz CT molecular complexity index is 475. The summed E-state index contributed by atoms with van der Waals surface area (Å²) in [6, 6.07) is 3.33. The number of pyridine rings is 1. The van der Waals surface area contributed by atoms with Gasteiger partial charge in [-0.15, -0.1) is 0 Å². The third-order valence-electron chi connectivity index (χ3n) is 1.96. The highest BCUT2D eigenvalue weighted by Crippen LogP contribution is 1.92. The zero-order valence-electron chi connectivity index (χ0n) is 9.19. The van der Waals surface area contributed by atoms with Gasteiger partial charge in [0.2, 0.25) is 0 Å². The molecule has 0 radical (unpaired) electrons. The summed E-state index contributed by atoms with van der Waals surface area (Å²) in [5.74, 6) is -0.574. The van der Waals surface area contributed by atoms with Crippen molar-refractivity contribution in [3.05, 3.63) is 28.4 Å². The zero-order chi connectivity index (χ0) is 11.4. The SMILES string of the molecule is CC=c1nc(C(=O)O)ccc1=CC(C)C. The van der Waals surface area contributed by atoms with E-state index in [2.05, 4.69) is 24.9 Å². The van der Waals surface area contributed by atoms with Crippen LogP contribution in [0.4, 0.5) is 0 Å². The summed E-state index contributed by atoms with van der Waals surface area (Å²) in [6.07, 6.45) is 3.88. The molecular formula is C12H15NO2. The fraction of sp³-hybridized carbons (Fsp3) is 0.333. The van der Waals surface area contributed by atoms with E-state index in [4.69, 9.17) is 5.11 Å². The van der Waals surface area contributed by atoms with E-state index in [0.717, 1.165) is 10.6 Å². The number of rotatable bonds is 2. The number of nitrogens with zero attached hydrogens (tertiary/aromatic N) is 1. The van der Waals surface area contributed by atoms with Crippen molar-refractivity contribution in [1.29, 1.82) is 0 Å². The second-order valence-electron chi connectivity index (χ2n) is 3.68. The summed E-state index contributed by atoms with van der Waals surface area (Å²) in [7, 11) is 0. The maximum absolute atomic E-state index is 10.7. The predicted molar refractivity (Wildman–Crippen MR) is 59.9 cm³/mol. The van der Waals surface area contributed by atoms with Crippen molar-refractivity contribution in [2.75, 3.05) is 0 Å². The van der Waals surface area contributed by atoms with Crippen LogP contribution < -0.4 is 10.6 Å². The molecule has 0 amide bonds. The molecule has 0 unspecified atom stereocenters. The second kappa shape index (κ2) is 4.73. The molecular weight excluding hydrogens is 190 g/mol. The number of carboxylic acids is 1. The van der Waals surface area contributed by atoms with Gasteiger partial charge in [-0.05, 0) is 24.1 Å². The number of carbonyl (C=O) groups is 1. The largest absolute Gasteiger partial charge is 0.477 e. The lowest BCUT2D eigenvalue weighted by molar-refractivity contribution is 0.0690. The van der Waals surface area contributed by atoms with E-state index in [1.807, 2.05) is 13.0 Å². The summed E-state index contributed by atoms with van der Waals surface area (Å²) in [5, 5.41) is 10.5. The third-order valence-corrected chi connectivity index (χ3v) is 1.96. The molecule has 1 heterocycles. The minimum absolute atomic E-state index is 0.0870. The quantitative estimate of drug-likeness (QED) is 0.784. The average Bonchev–Trinajstić information content (AvgIpc) is 2.17. The van der Waals surface area contributed by atoms with Crippen LogP contribution in [0.1, 0.15) is 31.3 Å². The Kier molecular flexibility index (Phi) is 3.61. The molecule has 0 saturated heterocycles. The smallest absolute Gasteiger partial charge is 0.354 e. The summed E-state index contributed by atoms with van der Waals surface area (Å²) in [6.45, 7) is 6.00. The van der Waals surface area contributed by atoms with Gasteiger partial charge >= 0.3 is 5.97 Å². The Labute approximate surface area is 88.8 Å². The van der Waals surface area contributed by atoms with Gasteiger partial charge < -0.3 is 5.11 Å². The molecule has 0 aromatic carbocycles. The number of carboxylic acid groups (broad SMARTS) is 1. The molecule has 3 nitrogen and oxygen atoms in total. The Morgan fingerprint density at radius 1 is 1.47 bits per heavy atom. The van der Waals surface area contributed by atoms with Crippen LogP contribution in [0.5, 0.6) is 0 Å². The van der Waals surface area contributed by atoms with Crippen LogP contribution in [0.3, 0.4) is 0 Å². The van der Waals surface area contributed by atoms with E-state index < -0.39 is 5.97 Å². The molecule has 0 fully saturated rings. The van der Waals surface area contributed by atoms with E-state index >= 15 is 0 Å². The summed E-state index contributed by atoms with van der Waals surface area (Å²) >= 11 is 0. The molecule has 0 bridgehead atoms. The van der Waals surface area contributed by atoms with Crippen molar-refractivity contribution in [2.45, 2.75) is 20.8 Å². The molecule has 0 aliphatic carbocycles. The summed E-state index contributed by atoms with van der Waals surface area (Å²) in [4.78, 5) is 14.8. The molecule has 1 rings (SSSR count). The molecule has 1 aromatic rings. The highest BCUT2D eigenvalue weighted by Gasteiger charge is 2.02. The van der Waals surface area contributed by atoms with Crippen LogP contribution in [0, 0.1) is 5.92 Å². The van der Waals surface area contributed by atoms with Crippen molar-refractivity contribution in [3.63, 3.8) is 0 Å². The molecule has 0 aliphatic heterocycles. The topological polar surface area (TPSA) is 50.2 Å². The highest BCUT2D eigenvalue weighted by molar-refractivity contribution is 5.85. The van der Waals surface area contributed by atoms with E-state index in [9.17, 15) is 4.79 Å². The molecule has 1 N–H and O–H groups in total. The fourth-order valence-corrected chi connectivity index (χ4v) is 1.34. The first-order chi connectivity index (χ1) is 7.04. The standard InChI is InChI=1S/C12H15NO2/c1-4-10-9(7-8(2)3)5-6-11(13-10)12(14)15/h4-8H,1-3H3,(H,14,15). The average molecular weight is 205 g/mol. The van der Waals surface area contributed by atoms with Crippen LogP contribution >= 0.6 is 0 Å². The van der Waals surface area contributed by atoms with Gasteiger partial charge in [0, 0.05) is 0 Å². The van der Waals surface area contributed by atoms with Gasteiger partial charge in [-0.2, -0.15) is 0 Å². The van der Waals surface area contributed by atoms with E-state index in [1.54, 1.807) is 6.07 Å². The van der Waals surface area contributed by atoms with Crippen molar-refractivity contribution in [3.8, 4) is 0 Å². The van der Waals surface area contributed by atoms with Crippen molar-refractivity contribution in [1.82, 2.24) is 4.98 Å². The Balaban J connectivity index is 3.42. The molecule has 15 heavy (non-hydrogen) atoms. The van der Waals surface area contributed by atoms with Crippen LogP contribution in [0.2, 0.25) is 0 Å². The normalized spacial score (nSPS) is 13.6. The van der Waals surface area contributed by atoms with Gasteiger partial charge in [0.1, 0.15) is 5.69 Å². The first kappa shape index (κ1) is 11.4. The van der Waals surface area contributed by atoms with Crippen LogP contribution in [0.25, 0.3) is 12.2 Å². The maximum Gasteiger partial charge on any atom is 0.354 e. The molecule has 0 atom stereocenters. The Morgan fingerprint density at radius 3 is 2.60 bits per heavy atom. The van der Waals surface area contributed by atoms with Crippen LogP contribution in [0.15, 0.2) is 12.1 Å². The van der Waals surface area contributed by atoms with Gasteiger partial charge in [0.15, 0.2) is 0 Å². The Morgan fingerprint density at radius 2 is 2.13 bits per heavy atom. The fourth-order valence-electron chi connectivity index (χ4n) is 1.34. The predicted octanol–water partition coefficient (Wildman–Crippen LogP) is 1.02. The van der Waals surface area contributed by atoms with Gasteiger partial charge in [-0.3, -0.25) is 0 Å². The first-order valence-corrected chi connectivity index (χ1v) is 4.93. The molecule has 3 heteroatoms.